The SMILES string of the molecule is CCc1nc(NN)cc(NC2CCN(C)CC2C)n1. The summed E-state index contributed by atoms with van der Waals surface area (Å²) in [6.45, 7) is 6.55. The maximum atomic E-state index is 5.45. The molecule has 1 saturated heterocycles. The maximum Gasteiger partial charge on any atom is 0.145 e. The van der Waals surface area contributed by atoms with E-state index >= 15 is 0 Å². The first-order valence-corrected chi connectivity index (χ1v) is 6.92. The predicted octanol–water partition coefficient (Wildman–Crippen LogP) is 1.08. The number of piperidine rings is 1. The van der Waals surface area contributed by atoms with E-state index in [9.17, 15) is 0 Å². The molecule has 6 nitrogen and oxygen atoms in total. The Morgan fingerprint density at radius 2 is 2.16 bits per heavy atom. The van der Waals surface area contributed by atoms with Crippen molar-refractivity contribution in [1.29, 1.82) is 0 Å². The van der Waals surface area contributed by atoms with Gasteiger partial charge in [0.2, 0.25) is 0 Å². The Kier molecular flexibility index (Phi) is 4.55. The van der Waals surface area contributed by atoms with Gasteiger partial charge < -0.3 is 15.6 Å². The summed E-state index contributed by atoms with van der Waals surface area (Å²) in [4.78, 5) is 11.2. The third kappa shape index (κ3) is 3.54. The molecule has 2 rings (SSSR count). The van der Waals surface area contributed by atoms with E-state index in [1.807, 2.05) is 13.0 Å². The molecular formula is C13H24N6. The Balaban J connectivity index is 2.09. The number of aromatic nitrogens is 2. The number of rotatable bonds is 4. The number of hydrogen-bond donors (Lipinski definition) is 3. The summed E-state index contributed by atoms with van der Waals surface area (Å²) in [5.41, 5.74) is 2.60. The molecule has 1 aliphatic rings. The first kappa shape index (κ1) is 14.0. The van der Waals surface area contributed by atoms with Crippen LogP contribution in [0.25, 0.3) is 0 Å². The molecule has 19 heavy (non-hydrogen) atoms. The van der Waals surface area contributed by atoms with Crippen LogP contribution in [0.1, 0.15) is 26.1 Å². The summed E-state index contributed by atoms with van der Waals surface area (Å²) in [6.07, 6.45) is 1.93. The van der Waals surface area contributed by atoms with E-state index in [-0.39, 0.29) is 0 Å². The second-order valence-electron chi connectivity index (χ2n) is 5.33. The summed E-state index contributed by atoms with van der Waals surface area (Å²) in [6, 6.07) is 2.32. The zero-order valence-corrected chi connectivity index (χ0v) is 12.0. The van der Waals surface area contributed by atoms with Gasteiger partial charge in [0, 0.05) is 25.1 Å². The molecule has 0 amide bonds. The molecule has 0 aliphatic carbocycles. The lowest BCUT2D eigenvalue weighted by Gasteiger charge is -2.35. The fourth-order valence-corrected chi connectivity index (χ4v) is 2.56. The van der Waals surface area contributed by atoms with Gasteiger partial charge in [0.05, 0.1) is 0 Å². The van der Waals surface area contributed by atoms with Crippen molar-refractivity contribution in [1.82, 2.24) is 14.9 Å². The molecule has 1 aliphatic heterocycles. The number of hydrazine groups is 1. The van der Waals surface area contributed by atoms with Gasteiger partial charge in [-0.15, -0.1) is 0 Å². The monoisotopic (exact) mass is 264 g/mol. The summed E-state index contributed by atoms with van der Waals surface area (Å²) in [5.74, 6) is 8.38. The van der Waals surface area contributed by atoms with Crippen molar-refractivity contribution in [3.8, 4) is 0 Å². The molecule has 1 aromatic rings. The van der Waals surface area contributed by atoms with Crippen molar-refractivity contribution in [3.05, 3.63) is 11.9 Å². The molecule has 1 fully saturated rings. The van der Waals surface area contributed by atoms with Gasteiger partial charge in [-0.1, -0.05) is 13.8 Å². The first-order valence-electron chi connectivity index (χ1n) is 6.92. The van der Waals surface area contributed by atoms with Crippen molar-refractivity contribution in [2.75, 3.05) is 30.9 Å². The fraction of sp³-hybridized carbons (Fsp3) is 0.692. The second kappa shape index (κ2) is 6.16. The third-order valence-electron chi connectivity index (χ3n) is 3.68. The highest BCUT2D eigenvalue weighted by Gasteiger charge is 2.24. The number of aryl methyl sites for hydroxylation is 1. The predicted molar refractivity (Wildman–Crippen MR) is 77.9 cm³/mol. The Morgan fingerprint density at radius 1 is 1.42 bits per heavy atom. The van der Waals surface area contributed by atoms with Gasteiger partial charge in [-0.25, -0.2) is 15.8 Å². The van der Waals surface area contributed by atoms with Crippen molar-refractivity contribution in [3.63, 3.8) is 0 Å². The Hall–Kier alpha value is -1.40. The molecule has 106 valence electrons. The van der Waals surface area contributed by atoms with Crippen molar-refractivity contribution in [2.24, 2.45) is 11.8 Å². The van der Waals surface area contributed by atoms with Gasteiger partial charge in [-0.05, 0) is 25.9 Å². The van der Waals surface area contributed by atoms with Crippen molar-refractivity contribution in [2.45, 2.75) is 32.7 Å². The quantitative estimate of drug-likeness (QED) is 0.558. The number of nitrogens with two attached hydrogens (primary N) is 1. The minimum Gasteiger partial charge on any atom is -0.367 e. The Labute approximate surface area is 114 Å². The smallest absolute Gasteiger partial charge is 0.145 e. The molecule has 2 unspecified atom stereocenters. The Morgan fingerprint density at radius 3 is 2.79 bits per heavy atom. The van der Waals surface area contributed by atoms with Crippen LogP contribution in [0.15, 0.2) is 6.07 Å². The van der Waals surface area contributed by atoms with E-state index in [4.69, 9.17) is 5.84 Å². The van der Waals surface area contributed by atoms with Crippen LogP contribution in [-0.2, 0) is 6.42 Å². The van der Waals surface area contributed by atoms with E-state index in [0.29, 0.717) is 17.8 Å². The lowest BCUT2D eigenvalue weighted by atomic mass is 9.94. The molecule has 0 saturated carbocycles. The average Bonchev–Trinajstić information content (AvgIpc) is 2.41. The Bertz CT molecular complexity index is 399. The highest BCUT2D eigenvalue weighted by atomic mass is 15.3. The van der Waals surface area contributed by atoms with Crippen LogP contribution in [0.3, 0.4) is 0 Å². The molecular weight excluding hydrogens is 240 g/mol. The van der Waals surface area contributed by atoms with E-state index in [2.05, 4.69) is 39.6 Å². The fourth-order valence-electron chi connectivity index (χ4n) is 2.56. The summed E-state index contributed by atoms with van der Waals surface area (Å²) in [7, 11) is 2.17. The minimum absolute atomic E-state index is 0.460. The lowest BCUT2D eigenvalue weighted by molar-refractivity contribution is 0.206. The topological polar surface area (TPSA) is 79.1 Å². The largest absolute Gasteiger partial charge is 0.367 e. The van der Waals surface area contributed by atoms with Crippen LogP contribution in [-0.4, -0.2) is 41.0 Å². The summed E-state index contributed by atoms with van der Waals surface area (Å²) >= 11 is 0. The van der Waals surface area contributed by atoms with Gasteiger partial charge in [-0.2, -0.15) is 0 Å². The molecule has 0 bridgehead atoms. The number of nitrogens with zero attached hydrogens (tertiary/aromatic N) is 3. The first-order chi connectivity index (χ1) is 9.12. The standard InChI is InChI=1S/C13H24N6/c1-4-11-16-12(7-13(17-11)18-14)15-10-5-6-19(3)8-9(10)2/h7,9-10H,4-6,8,14H2,1-3H3,(H2,15,16,17,18). The summed E-state index contributed by atoms with van der Waals surface area (Å²) < 4.78 is 0. The van der Waals surface area contributed by atoms with Crippen LogP contribution in [0.2, 0.25) is 0 Å². The van der Waals surface area contributed by atoms with Crippen LogP contribution in [0, 0.1) is 5.92 Å². The lowest BCUT2D eigenvalue weighted by Crippen LogP contribution is -2.43. The molecule has 2 heterocycles. The van der Waals surface area contributed by atoms with Gasteiger partial charge in [0.1, 0.15) is 17.5 Å². The van der Waals surface area contributed by atoms with Gasteiger partial charge in [-0.3, -0.25) is 0 Å². The molecule has 6 heteroatoms. The molecule has 4 N–H and O–H groups in total. The molecule has 0 aromatic carbocycles. The molecule has 2 atom stereocenters. The van der Waals surface area contributed by atoms with Gasteiger partial charge >= 0.3 is 0 Å². The van der Waals surface area contributed by atoms with Crippen LogP contribution in [0.4, 0.5) is 11.6 Å². The molecule has 0 spiro atoms. The van der Waals surface area contributed by atoms with Crippen molar-refractivity contribution >= 4 is 11.6 Å². The van der Waals surface area contributed by atoms with Gasteiger partial charge in [0.15, 0.2) is 0 Å². The number of nitrogen functional groups attached to an aromatic ring is 1. The maximum absolute atomic E-state index is 5.45. The zero-order valence-electron chi connectivity index (χ0n) is 12.0. The van der Waals surface area contributed by atoms with Crippen LogP contribution < -0.4 is 16.6 Å². The number of hydrogen-bond acceptors (Lipinski definition) is 6. The van der Waals surface area contributed by atoms with E-state index in [1.54, 1.807) is 0 Å². The highest BCUT2D eigenvalue weighted by Crippen LogP contribution is 2.20. The number of likely N-dealkylation sites (tertiary alicyclic amines) is 1. The zero-order chi connectivity index (χ0) is 13.8. The molecule has 1 aromatic heterocycles. The van der Waals surface area contributed by atoms with Crippen LogP contribution in [0.5, 0.6) is 0 Å². The van der Waals surface area contributed by atoms with Gasteiger partial charge in [0.25, 0.3) is 0 Å². The number of anilines is 2. The second-order valence-corrected chi connectivity index (χ2v) is 5.33. The average molecular weight is 264 g/mol. The van der Waals surface area contributed by atoms with E-state index in [1.165, 1.54) is 0 Å². The van der Waals surface area contributed by atoms with Crippen molar-refractivity contribution < 1.29 is 0 Å². The van der Waals surface area contributed by atoms with E-state index in [0.717, 1.165) is 37.6 Å². The summed E-state index contributed by atoms with van der Waals surface area (Å²) in [5, 5.41) is 3.53. The van der Waals surface area contributed by atoms with E-state index < -0.39 is 0 Å². The number of nitrogens with one attached hydrogen (secondary N) is 2. The molecule has 0 radical (unpaired) electrons. The highest BCUT2D eigenvalue weighted by molar-refractivity contribution is 5.47. The normalized spacial score (nSPS) is 24.2. The van der Waals surface area contributed by atoms with Crippen LogP contribution >= 0.6 is 0 Å². The minimum atomic E-state index is 0.460. The third-order valence-corrected chi connectivity index (χ3v) is 3.68.